The van der Waals surface area contributed by atoms with Crippen LogP contribution in [-0.4, -0.2) is 61.7 Å². The Morgan fingerprint density at radius 2 is 1.84 bits per heavy atom. The third-order valence-electron chi connectivity index (χ3n) is 6.16. The van der Waals surface area contributed by atoms with Crippen molar-refractivity contribution in [1.29, 1.82) is 0 Å². The third kappa shape index (κ3) is 5.88. The Hall–Kier alpha value is -2.80. The topological polar surface area (TPSA) is 69.7 Å². The Labute approximate surface area is 184 Å². The zero-order chi connectivity index (χ0) is 21.6. The Bertz CT molecular complexity index is 847. The molecule has 2 heterocycles. The van der Waals surface area contributed by atoms with Crippen LogP contribution in [0.4, 0.5) is 17.2 Å². The molecule has 166 valence electrons. The molecule has 2 aromatic rings. The fourth-order valence-corrected chi connectivity index (χ4v) is 4.26. The summed E-state index contributed by atoms with van der Waals surface area (Å²) in [6.07, 6.45) is 8.02. The maximum Gasteiger partial charge on any atom is 0.243 e. The Morgan fingerprint density at radius 1 is 1.10 bits per heavy atom. The molecule has 0 radical (unpaired) electrons. The molecule has 7 heteroatoms. The Balaban J connectivity index is 1.21. The van der Waals surface area contributed by atoms with Crippen LogP contribution in [0.1, 0.15) is 32.1 Å². The second-order valence-corrected chi connectivity index (χ2v) is 8.71. The minimum Gasteiger partial charge on any atom is -0.490 e. The van der Waals surface area contributed by atoms with Gasteiger partial charge in [0.05, 0.1) is 24.5 Å². The van der Waals surface area contributed by atoms with Crippen molar-refractivity contribution in [3.05, 3.63) is 42.6 Å². The van der Waals surface area contributed by atoms with Crippen LogP contribution in [0.25, 0.3) is 0 Å². The van der Waals surface area contributed by atoms with Crippen molar-refractivity contribution in [2.45, 2.75) is 44.2 Å². The summed E-state index contributed by atoms with van der Waals surface area (Å²) >= 11 is 0. The SMILES string of the molecule is CN(C)[C@@H]1CCN(c2ccc(NC(=O)CNc3ccc(OC4CCCC4)cc3)cn2)C1. The number of anilines is 3. The molecular formula is C24H33N5O2. The van der Waals surface area contributed by atoms with Crippen molar-refractivity contribution in [2.24, 2.45) is 0 Å². The number of amides is 1. The first-order chi connectivity index (χ1) is 15.1. The molecule has 4 rings (SSSR count). The molecular weight excluding hydrogens is 390 g/mol. The van der Waals surface area contributed by atoms with E-state index in [0.29, 0.717) is 17.8 Å². The summed E-state index contributed by atoms with van der Waals surface area (Å²) in [4.78, 5) is 21.4. The molecule has 1 aliphatic heterocycles. The minimum absolute atomic E-state index is 0.102. The highest BCUT2D eigenvalue weighted by molar-refractivity contribution is 5.93. The Kier molecular flexibility index (Phi) is 6.92. The van der Waals surface area contributed by atoms with Gasteiger partial charge in [0.25, 0.3) is 0 Å². The summed E-state index contributed by atoms with van der Waals surface area (Å²) in [5.41, 5.74) is 1.60. The fraction of sp³-hybridized carbons (Fsp3) is 0.500. The largest absolute Gasteiger partial charge is 0.490 e. The molecule has 0 bridgehead atoms. The number of benzene rings is 1. The monoisotopic (exact) mass is 423 g/mol. The average Bonchev–Trinajstić information content (AvgIpc) is 3.46. The molecule has 0 unspecified atom stereocenters. The molecule has 1 aromatic heterocycles. The van der Waals surface area contributed by atoms with Crippen molar-refractivity contribution in [1.82, 2.24) is 9.88 Å². The maximum atomic E-state index is 12.3. The van der Waals surface area contributed by atoms with Crippen LogP contribution in [-0.2, 0) is 4.79 Å². The lowest BCUT2D eigenvalue weighted by molar-refractivity contribution is -0.114. The highest BCUT2D eigenvalue weighted by Crippen LogP contribution is 2.25. The predicted molar refractivity (Wildman–Crippen MR) is 125 cm³/mol. The first kappa shape index (κ1) is 21.4. The van der Waals surface area contributed by atoms with Gasteiger partial charge in [0.1, 0.15) is 11.6 Å². The number of ether oxygens (including phenoxy) is 1. The third-order valence-corrected chi connectivity index (χ3v) is 6.16. The van der Waals surface area contributed by atoms with Crippen molar-refractivity contribution in [3.63, 3.8) is 0 Å². The lowest BCUT2D eigenvalue weighted by atomic mass is 10.2. The smallest absolute Gasteiger partial charge is 0.243 e. The number of likely N-dealkylation sites (N-methyl/N-ethyl adjacent to an activating group) is 1. The minimum atomic E-state index is -0.102. The van der Waals surface area contributed by atoms with Crippen LogP contribution in [0, 0.1) is 0 Å². The number of nitrogens with zero attached hydrogens (tertiary/aromatic N) is 3. The van der Waals surface area contributed by atoms with Crippen molar-refractivity contribution < 1.29 is 9.53 Å². The van der Waals surface area contributed by atoms with E-state index < -0.39 is 0 Å². The molecule has 1 aliphatic carbocycles. The van der Waals surface area contributed by atoms with Crippen LogP contribution in [0.5, 0.6) is 5.75 Å². The molecule has 1 aromatic carbocycles. The standard InChI is InChI=1S/C24H33N5O2/c1-28(2)20-13-14-29(17-20)23-12-9-19(15-26-23)27-24(30)16-25-18-7-10-22(11-8-18)31-21-5-3-4-6-21/h7-12,15,20-21,25H,3-6,13-14,16-17H2,1-2H3,(H,27,30)/t20-/m1/s1. The summed E-state index contributed by atoms with van der Waals surface area (Å²) in [5, 5.41) is 6.06. The molecule has 2 aliphatic rings. The van der Waals surface area contributed by atoms with E-state index in [4.69, 9.17) is 4.74 Å². The van der Waals surface area contributed by atoms with Crippen LogP contribution in [0.3, 0.4) is 0 Å². The normalized spacial score (nSPS) is 19.1. The van der Waals surface area contributed by atoms with E-state index in [0.717, 1.165) is 49.6 Å². The van der Waals surface area contributed by atoms with Gasteiger partial charge in [-0.05, 0) is 82.6 Å². The first-order valence-electron chi connectivity index (χ1n) is 11.2. The average molecular weight is 424 g/mol. The number of pyridine rings is 1. The second-order valence-electron chi connectivity index (χ2n) is 8.71. The van der Waals surface area contributed by atoms with E-state index >= 15 is 0 Å². The van der Waals surface area contributed by atoms with E-state index in [2.05, 4.69) is 39.5 Å². The quantitative estimate of drug-likeness (QED) is 0.676. The number of aromatic nitrogens is 1. The molecule has 1 amide bonds. The number of nitrogens with one attached hydrogen (secondary N) is 2. The number of rotatable bonds is 8. The molecule has 7 nitrogen and oxygen atoms in total. The van der Waals surface area contributed by atoms with Gasteiger partial charge in [-0.2, -0.15) is 0 Å². The zero-order valence-corrected chi connectivity index (χ0v) is 18.5. The van der Waals surface area contributed by atoms with E-state index in [1.807, 2.05) is 36.4 Å². The number of carbonyl (C=O) groups excluding carboxylic acids is 1. The Morgan fingerprint density at radius 3 is 2.48 bits per heavy atom. The number of hydrogen-bond acceptors (Lipinski definition) is 6. The number of carbonyl (C=O) groups is 1. The summed E-state index contributed by atoms with van der Waals surface area (Å²) in [6.45, 7) is 2.19. The van der Waals surface area contributed by atoms with Crippen molar-refractivity contribution in [3.8, 4) is 5.75 Å². The highest BCUT2D eigenvalue weighted by atomic mass is 16.5. The molecule has 1 saturated heterocycles. The van der Waals surface area contributed by atoms with Crippen LogP contribution >= 0.6 is 0 Å². The molecule has 31 heavy (non-hydrogen) atoms. The van der Waals surface area contributed by atoms with E-state index in [1.54, 1.807) is 6.20 Å². The van der Waals surface area contributed by atoms with Gasteiger partial charge in [0.2, 0.25) is 5.91 Å². The van der Waals surface area contributed by atoms with Gasteiger partial charge >= 0.3 is 0 Å². The summed E-state index contributed by atoms with van der Waals surface area (Å²) in [6, 6.07) is 12.3. The molecule has 2 N–H and O–H groups in total. The van der Waals surface area contributed by atoms with Gasteiger partial charge in [0, 0.05) is 24.8 Å². The van der Waals surface area contributed by atoms with Gasteiger partial charge in [-0.15, -0.1) is 0 Å². The molecule has 1 atom stereocenters. The summed E-state index contributed by atoms with van der Waals surface area (Å²) < 4.78 is 5.98. The lowest BCUT2D eigenvalue weighted by Crippen LogP contribution is -2.31. The predicted octanol–water partition coefficient (Wildman–Crippen LogP) is 3.59. The van der Waals surface area contributed by atoms with Crippen molar-refractivity contribution in [2.75, 3.05) is 49.3 Å². The zero-order valence-electron chi connectivity index (χ0n) is 18.5. The van der Waals surface area contributed by atoms with E-state index in [-0.39, 0.29) is 12.5 Å². The lowest BCUT2D eigenvalue weighted by Gasteiger charge is -2.21. The fourth-order valence-electron chi connectivity index (χ4n) is 4.26. The summed E-state index contributed by atoms with van der Waals surface area (Å²) in [7, 11) is 4.24. The number of hydrogen-bond donors (Lipinski definition) is 2. The van der Waals surface area contributed by atoms with E-state index in [1.165, 1.54) is 12.8 Å². The van der Waals surface area contributed by atoms with Gasteiger partial charge in [0.15, 0.2) is 0 Å². The van der Waals surface area contributed by atoms with Gasteiger partial charge in [-0.3, -0.25) is 4.79 Å². The van der Waals surface area contributed by atoms with Gasteiger partial charge < -0.3 is 25.2 Å². The summed E-state index contributed by atoms with van der Waals surface area (Å²) in [5.74, 6) is 1.75. The van der Waals surface area contributed by atoms with E-state index in [9.17, 15) is 4.79 Å². The molecule has 2 fully saturated rings. The second kappa shape index (κ2) is 10.0. The van der Waals surface area contributed by atoms with Crippen molar-refractivity contribution >= 4 is 23.1 Å². The maximum absolute atomic E-state index is 12.3. The first-order valence-corrected chi connectivity index (χ1v) is 11.2. The van der Waals surface area contributed by atoms with Crippen LogP contribution in [0.15, 0.2) is 42.6 Å². The van der Waals surface area contributed by atoms with Crippen LogP contribution in [0.2, 0.25) is 0 Å². The van der Waals surface area contributed by atoms with Gasteiger partial charge in [-0.25, -0.2) is 4.98 Å². The van der Waals surface area contributed by atoms with Crippen LogP contribution < -0.4 is 20.3 Å². The molecule has 1 saturated carbocycles. The van der Waals surface area contributed by atoms with Gasteiger partial charge in [-0.1, -0.05) is 0 Å². The molecule has 0 spiro atoms. The highest BCUT2D eigenvalue weighted by Gasteiger charge is 2.24.